The highest BCUT2D eigenvalue weighted by molar-refractivity contribution is 5.64. The Morgan fingerprint density at radius 2 is 1.71 bits per heavy atom. The first kappa shape index (κ1) is 20.5. The Balaban J connectivity index is 2.18. The number of aromatic nitrogens is 2. The van der Waals surface area contributed by atoms with Gasteiger partial charge in [0.05, 0.1) is 13.7 Å². The minimum Gasteiger partial charge on any atom is -0.467 e. The van der Waals surface area contributed by atoms with Gasteiger partial charge in [0, 0.05) is 41.7 Å². The van der Waals surface area contributed by atoms with Crippen molar-refractivity contribution in [3.05, 3.63) is 41.7 Å². The molecule has 2 aromatic rings. The molecule has 0 aliphatic carbocycles. The molecule has 5 nitrogen and oxygen atoms in total. The summed E-state index contributed by atoms with van der Waals surface area (Å²) in [6, 6.07) is 1.73. The van der Waals surface area contributed by atoms with Gasteiger partial charge in [-0.25, -0.2) is 27.5 Å². The van der Waals surface area contributed by atoms with E-state index in [4.69, 9.17) is 9.47 Å². The predicted octanol–water partition coefficient (Wildman–Crippen LogP) is 3.68. The van der Waals surface area contributed by atoms with Gasteiger partial charge < -0.3 is 14.8 Å². The van der Waals surface area contributed by atoms with Gasteiger partial charge in [-0.3, -0.25) is 0 Å². The van der Waals surface area contributed by atoms with Crippen molar-refractivity contribution >= 4 is 0 Å². The molecule has 152 valence electrons. The summed E-state index contributed by atoms with van der Waals surface area (Å²) in [6.07, 6.45) is 2.56. The average Bonchev–Trinajstić information content (AvgIpc) is 2.72. The number of nitrogens with zero attached hydrogens (tertiary/aromatic N) is 2. The molecule has 0 bridgehead atoms. The van der Waals surface area contributed by atoms with Gasteiger partial charge in [0.2, 0.25) is 0 Å². The molecular formula is C19H21F4N3O2. The van der Waals surface area contributed by atoms with E-state index in [1.807, 2.05) is 0 Å². The van der Waals surface area contributed by atoms with Crippen LogP contribution < -0.4 is 10.1 Å². The lowest BCUT2D eigenvalue weighted by Gasteiger charge is -2.44. The molecule has 0 unspecified atom stereocenters. The summed E-state index contributed by atoms with van der Waals surface area (Å²) in [7, 11) is 1.37. The van der Waals surface area contributed by atoms with E-state index < -0.39 is 28.7 Å². The zero-order chi connectivity index (χ0) is 20.7. The van der Waals surface area contributed by atoms with Crippen molar-refractivity contribution in [3.63, 3.8) is 0 Å². The number of hydrogen-bond donors (Lipinski definition) is 1. The van der Waals surface area contributed by atoms with E-state index in [0.717, 1.165) is 6.07 Å². The molecule has 0 spiro atoms. The molecule has 1 N–H and O–H groups in total. The standard InChI is InChI=1S/C19H21F4N3O2/c1-17(2)19(22,23)18(3,26-5-6-28-17)13-7-12(14(20)8-15(13)21)11-9-24-16(27-4)25-10-11/h7-10,26H,5-6H2,1-4H3/t18-/m1/s1. The molecular weight excluding hydrogens is 378 g/mol. The van der Waals surface area contributed by atoms with Crippen molar-refractivity contribution in [1.82, 2.24) is 15.3 Å². The van der Waals surface area contributed by atoms with E-state index in [9.17, 15) is 8.78 Å². The topological polar surface area (TPSA) is 56.3 Å². The number of rotatable bonds is 3. The minimum atomic E-state index is -3.51. The fourth-order valence-corrected chi connectivity index (χ4v) is 3.39. The van der Waals surface area contributed by atoms with Gasteiger partial charge in [0.25, 0.3) is 5.92 Å². The normalized spacial score (nSPS) is 23.9. The Bertz CT molecular complexity index is 874. The Hall–Kier alpha value is -2.26. The molecule has 2 heterocycles. The molecule has 1 aromatic carbocycles. The van der Waals surface area contributed by atoms with Crippen LogP contribution in [0.4, 0.5) is 17.6 Å². The highest BCUT2D eigenvalue weighted by atomic mass is 19.3. The number of nitrogens with one attached hydrogen (secondary N) is 1. The van der Waals surface area contributed by atoms with E-state index in [1.165, 1.54) is 40.3 Å². The number of benzene rings is 1. The minimum absolute atomic E-state index is 0.0279. The van der Waals surface area contributed by atoms with Crippen molar-refractivity contribution in [2.45, 2.75) is 37.8 Å². The smallest absolute Gasteiger partial charge is 0.316 e. The van der Waals surface area contributed by atoms with Crippen molar-refractivity contribution in [2.24, 2.45) is 0 Å². The van der Waals surface area contributed by atoms with Crippen molar-refractivity contribution in [2.75, 3.05) is 20.3 Å². The van der Waals surface area contributed by atoms with Crippen LogP contribution in [0.1, 0.15) is 26.3 Å². The number of halogens is 4. The summed E-state index contributed by atoms with van der Waals surface area (Å²) in [5.41, 5.74) is -4.26. The lowest BCUT2D eigenvalue weighted by Crippen LogP contribution is -2.62. The van der Waals surface area contributed by atoms with Crippen LogP contribution in [-0.2, 0) is 10.3 Å². The molecule has 0 radical (unpaired) electrons. The van der Waals surface area contributed by atoms with E-state index in [0.29, 0.717) is 6.07 Å². The Kier molecular flexibility index (Phi) is 5.09. The highest BCUT2D eigenvalue weighted by Gasteiger charge is 2.63. The molecule has 1 atom stereocenters. The molecule has 1 saturated heterocycles. The summed E-state index contributed by atoms with van der Waals surface area (Å²) >= 11 is 0. The molecule has 1 fully saturated rings. The molecule has 28 heavy (non-hydrogen) atoms. The average molecular weight is 399 g/mol. The van der Waals surface area contributed by atoms with Gasteiger partial charge in [0.1, 0.15) is 22.8 Å². The fraction of sp³-hybridized carbons (Fsp3) is 0.474. The first-order valence-electron chi connectivity index (χ1n) is 8.66. The maximum atomic E-state index is 15.4. The Labute approximate surface area is 160 Å². The summed E-state index contributed by atoms with van der Waals surface area (Å²) in [6.45, 7) is 3.79. The second kappa shape index (κ2) is 6.97. The lowest BCUT2D eigenvalue weighted by atomic mass is 9.77. The molecule has 1 aliphatic heterocycles. The van der Waals surface area contributed by atoms with Crippen molar-refractivity contribution in [1.29, 1.82) is 0 Å². The monoisotopic (exact) mass is 399 g/mol. The zero-order valence-electron chi connectivity index (χ0n) is 15.9. The number of alkyl halides is 2. The molecule has 0 saturated carbocycles. The van der Waals surface area contributed by atoms with E-state index in [1.54, 1.807) is 0 Å². The van der Waals surface area contributed by atoms with Crippen LogP contribution in [0, 0.1) is 11.6 Å². The predicted molar refractivity (Wildman–Crippen MR) is 94.3 cm³/mol. The van der Waals surface area contributed by atoms with Gasteiger partial charge in [-0.1, -0.05) is 0 Å². The van der Waals surface area contributed by atoms with Gasteiger partial charge in [0.15, 0.2) is 0 Å². The maximum Gasteiger partial charge on any atom is 0.316 e. The van der Waals surface area contributed by atoms with Crippen LogP contribution in [0.3, 0.4) is 0 Å². The first-order chi connectivity index (χ1) is 13.0. The van der Waals surface area contributed by atoms with Gasteiger partial charge in [-0.05, 0) is 26.8 Å². The maximum absolute atomic E-state index is 15.4. The Morgan fingerprint density at radius 1 is 1.07 bits per heavy atom. The van der Waals surface area contributed by atoms with Crippen LogP contribution in [0.25, 0.3) is 11.1 Å². The molecule has 9 heteroatoms. The van der Waals surface area contributed by atoms with E-state index >= 15 is 8.78 Å². The second-order valence-electron chi connectivity index (χ2n) is 7.26. The van der Waals surface area contributed by atoms with Crippen LogP contribution in [0.15, 0.2) is 24.5 Å². The largest absolute Gasteiger partial charge is 0.467 e. The van der Waals surface area contributed by atoms with E-state index in [-0.39, 0.29) is 35.9 Å². The first-order valence-corrected chi connectivity index (χ1v) is 8.66. The van der Waals surface area contributed by atoms with E-state index in [2.05, 4.69) is 15.3 Å². The van der Waals surface area contributed by atoms with Gasteiger partial charge in [-0.15, -0.1) is 0 Å². The summed E-state index contributed by atoms with van der Waals surface area (Å²) in [5.74, 6) is -5.50. The number of ether oxygens (including phenoxy) is 2. The summed E-state index contributed by atoms with van der Waals surface area (Å²) < 4.78 is 70.1. The Morgan fingerprint density at radius 3 is 2.32 bits per heavy atom. The molecule has 3 rings (SSSR count). The number of hydrogen-bond acceptors (Lipinski definition) is 5. The molecule has 0 amide bonds. The second-order valence-corrected chi connectivity index (χ2v) is 7.26. The third-order valence-electron chi connectivity index (χ3n) is 5.14. The SMILES string of the molecule is COc1ncc(-c2cc([C@@]3(C)NCCOC(C)(C)C3(F)F)c(F)cc2F)cn1. The van der Waals surface area contributed by atoms with Gasteiger partial charge >= 0.3 is 6.01 Å². The van der Waals surface area contributed by atoms with Crippen molar-refractivity contribution < 1.29 is 27.0 Å². The summed E-state index contributed by atoms with van der Waals surface area (Å²) in [4.78, 5) is 7.77. The molecule has 1 aliphatic rings. The fourth-order valence-electron chi connectivity index (χ4n) is 3.39. The zero-order valence-corrected chi connectivity index (χ0v) is 15.9. The summed E-state index contributed by atoms with van der Waals surface area (Å²) in [5, 5.41) is 2.69. The van der Waals surface area contributed by atoms with Crippen LogP contribution in [-0.4, -0.2) is 41.8 Å². The van der Waals surface area contributed by atoms with Gasteiger partial charge in [-0.2, -0.15) is 0 Å². The van der Waals surface area contributed by atoms with Crippen LogP contribution in [0.5, 0.6) is 6.01 Å². The van der Waals surface area contributed by atoms with Crippen LogP contribution in [0.2, 0.25) is 0 Å². The quantitative estimate of drug-likeness (QED) is 0.798. The third-order valence-corrected chi connectivity index (χ3v) is 5.14. The van der Waals surface area contributed by atoms with Crippen LogP contribution >= 0.6 is 0 Å². The van der Waals surface area contributed by atoms with Crippen molar-refractivity contribution in [3.8, 4) is 17.1 Å². The molecule has 1 aromatic heterocycles. The number of methoxy groups -OCH3 is 1. The lowest BCUT2D eigenvalue weighted by molar-refractivity contribution is -0.216. The third kappa shape index (κ3) is 3.12. The highest BCUT2D eigenvalue weighted by Crippen LogP contribution is 2.48.